The third-order valence-corrected chi connectivity index (χ3v) is 7.38. The maximum Gasteiger partial charge on any atom is 0.319 e. The lowest BCUT2D eigenvalue weighted by Gasteiger charge is -2.24. The Balaban J connectivity index is 1.62. The number of para-hydroxylation sites is 1. The van der Waals surface area contributed by atoms with Gasteiger partial charge in [0.1, 0.15) is 0 Å². The lowest BCUT2D eigenvalue weighted by Crippen LogP contribution is -2.42. The van der Waals surface area contributed by atoms with Gasteiger partial charge in [-0.2, -0.15) is 0 Å². The van der Waals surface area contributed by atoms with Crippen molar-refractivity contribution < 1.29 is 23.9 Å². The molecule has 0 aliphatic carbocycles. The summed E-state index contributed by atoms with van der Waals surface area (Å²) in [4.78, 5) is 54.3. The van der Waals surface area contributed by atoms with Crippen LogP contribution in [0.5, 0.6) is 0 Å². The lowest BCUT2D eigenvalue weighted by molar-refractivity contribution is -0.139. The molecular formula is C32H38N4O5S. The number of amides is 4. The molecule has 0 atom stereocenters. The molecule has 4 amide bonds. The fourth-order valence-electron chi connectivity index (χ4n) is 3.99. The predicted molar refractivity (Wildman–Crippen MR) is 168 cm³/mol. The van der Waals surface area contributed by atoms with E-state index in [2.05, 4.69) is 24.5 Å². The van der Waals surface area contributed by atoms with E-state index in [1.807, 2.05) is 54.6 Å². The highest BCUT2D eigenvalue weighted by Crippen LogP contribution is 2.26. The van der Waals surface area contributed by atoms with Crippen LogP contribution in [0.15, 0.2) is 83.8 Å². The molecule has 3 aromatic carbocycles. The van der Waals surface area contributed by atoms with Gasteiger partial charge in [0.05, 0.1) is 25.8 Å². The first kappa shape index (κ1) is 32.2. The van der Waals surface area contributed by atoms with Crippen LogP contribution >= 0.6 is 11.8 Å². The number of carbonyl (C=O) groups is 4. The highest BCUT2D eigenvalue weighted by atomic mass is 32.2. The van der Waals surface area contributed by atoms with Crippen molar-refractivity contribution in [1.29, 1.82) is 0 Å². The van der Waals surface area contributed by atoms with Gasteiger partial charge in [-0.05, 0) is 60.4 Å². The van der Waals surface area contributed by atoms with Gasteiger partial charge in [-0.3, -0.25) is 14.4 Å². The maximum absolute atomic E-state index is 13.3. The highest BCUT2D eigenvalue weighted by molar-refractivity contribution is 8.00. The number of anilines is 3. The van der Waals surface area contributed by atoms with Crippen molar-refractivity contribution in [3.63, 3.8) is 0 Å². The molecule has 0 fully saturated rings. The van der Waals surface area contributed by atoms with E-state index in [1.54, 1.807) is 41.1 Å². The summed E-state index contributed by atoms with van der Waals surface area (Å²) in [6.45, 7) is 4.45. The molecule has 0 spiro atoms. The third kappa shape index (κ3) is 10.3. The van der Waals surface area contributed by atoms with E-state index >= 15 is 0 Å². The summed E-state index contributed by atoms with van der Waals surface area (Å²) in [5, 5.41) is 5.34. The summed E-state index contributed by atoms with van der Waals surface area (Å²) in [5.41, 5.74) is 2.72. The number of benzene rings is 3. The lowest BCUT2D eigenvalue weighted by atomic mass is 10.1. The summed E-state index contributed by atoms with van der Waals surface area (Å²) in [6, 6.07) is 23.3. The Labute approximate surface area is 251 Å². The molecule has 0 radical (unpaired) electrons. The number of thioether (sulfide) groups is 1. The molecule has 0 saturated carbocycles. The van der Waals surface area contributed by atoms with Gasteiger partial charge in [-0.25, -0.2) is 4.79 Å². The van der Waals surface area contributed by atoms with Gasteiger partial charge in [0.25, 0.3) is 0 Å². The van der Waals surface area contributed by atoms with E-state index in [1.165, 1.54) is 18.9 Å². The van der Waals surface area contributed by atoms with Crippen LogP contribution in [0.1, 0.15) is 25.8 Å². The second-order valence-electron chi connectivity index (χ2n) is 10.1. The van der Waals surface area contributed by atoms with Crippen LogP contribution in [-0.4, -0.2) is 56.8 Å². The Hall–Kier alpha value is -4.31. The number of hydrogen-bond acceptors (Lipinski definition) is 6. The van der Waals surface area contributed by atoms with Crippen molar-refractivity contribution in [3.05, 3.63) is 84.4 Å². The van der Waals surface area contributed by atoms with Crippen molar-refractivity contribution in [2.24, 2.45) is 5.92 Å². The maximum atomic E-state index is 13.3. The highest BCUT2D eigenvalue weighted by Gasteiger charge is 2.18. The first-order valence-electron chi connectivity index (χ1n) is 13.7. The Kier molecular flexibility index (Phi) is 12.4. The van der Waals surface area contributed by atoms with Crippen LogP contribution in [0.2, 0.25) is 0 Å². The molecule has 3 rings (SSSR count). The van der Waals surface area contributed by atoms with Crippen molar-refractivity contribution >= 4 is 52.6 Å². The van der Waals surface area contributed by atoms with E-state index in [0.717, 1.165) is 17.0 Å². The number of nitrogens with one attached hydrogen (secondary N) is 2. The molecule has 222 valence electrons. The normalized spacial score (nSPS) is 10.6. The summed E-state index contributed by atoms with van der Waals surface area (Å²) in [7, 11) is 3.07. The van der Waals surface area contributed by atoms with Crippen LogP contribution in [-0.2, 0) is 25.5 Å². The number of methoxy groups -OCH3 is 1. The zero-order valence-electron chi connectivity index (χ0n) is 24.5. The molecule has 0 aliphatic heterocycles. The summed E-state index contributed by atoms with van der Waals surface area (Å²) in [5.74, 6) is -0.0466. The van der Waals surface area contributed by atoms with E-state index < -0.39 is 6.03 Å². The number of urea groups is 1. The zero-order valence-corrected chi connectivity index (χ0v) is 25.3. The number of esters is 1. The molecule has 42 heavy (non-hydrogen) atoms. The van der Waals surface area contributed by atoms with E-state index in [-0.39, 0.29) is 36.5 Å². The van der Waals surface area contributed by atoms with Gasteiger partial charge in [0, 0.05) is 35.6 Å². The molecule has 0 aliphatic rings. The molecule has 3 aromatic rings. The summed E-state index contributed by atoms with van der Waals surface area (Å²) in [6.07, 6.45) is 0.870. The fraction of sp³-hybridized carbons (Fsp3) is 0.312. The van der Waals surface area contributed by atoms with Crippen molar-refractivity contribution in [2.45, 2.75) is 31.6 Å². The minimum absolute atomic E-state index is 0.0320. The van der Waals surface area contributed by atoms with Crippen LogP contribution in [0.4, 0.5) is 21.9 Å². The average molecular weight is 591 g/mol. The van der Waals surface area contributed by atoms with Crippen molar-refractivity contribution in [1.82, 2.24) is 5.32 Å². The minimum Gasteiger partial charge on any atom is -0.469 e. The minimum atomic E-state index is -0.535. The molecular weight excluding hydrogens is 552 g/mol. The van der Waals surface area contributed by atoms with E-state index in [4.69, 9.17) is 4.74 Å². The van der Waals surface area contributed by atoms with Gasteiger partial charge < -0.3 is 25.2 Å². The number of ether oxygens (including phenoxy) is 1. The Morgan fingerprint density at radius 3 is 2.31 bits per heavy atom. The molecule has 0 bridgehead atoms. The molecule has 9 nitrogen and oxygen atoms in total. The van der Waals surface area contributed by atoms with Gasteiger partial charge in [-0.1, -0.05) is 50.2 Å². The van der Waals surface area contributed by atoms with E-state index in [9.17, 15) is 19.2 Å². The smallest absolute Gasteiger partial charge is 0.319 e. The number of nitrogens with zero attached hydrogens (tertiary/aromatic N) is 2. The SMILES string of the molecule is COC(=O)Cc1cccc(NC(=O)NCC(=O)N(CCC(C)C)c2cccc(SCC(=O)N(C)c3ccccc3)c2)c1. The standard InChI is InChI=1S/C32H38N4O5S/c1-23(2)16-17-36(29(37)21-33-32(40)34-25-11-8-10-24(18-25)19-31(39)41-4)27-14-9-15-28(20-27)42-22-30(38)35(3)26-12-6-5-7-13-26/h5-15,18,20,23H,16-17,19,21-22H2,1-4H3,(H2,33,34,40). The second kappa shape index (κ2) is 16.2. The molecule has 10 heteroatoms. The molecule has 0 unspecified atom stereocenters. The average Bonchev–Trinajstić information content (AvgIpc) is 2.99. The van der Waals surface area contributed by atoms with Gasteiger partial charge in [0.2, 0.25) is 11.8 Å². The number of rotatable bonds is 13. The zero-order chi connectivity index (χ0) is 30.5. The fourth-order valence-corrected chi connectivity index (χ4v) is 4.85. The second-order valence-corrected chi connectivity index (χ2v) is 11.1. The molecule has 2 N–H and O–H groups in total. The Morgan fingerprint density at radius 1 is 0.881 bits per heavy atom. The predicted octanol–water partition coefficient (Wildman–Crippen LogP) is 5.36. The monoisotopic (exact) mass is 590 g/mol. The molecule has 0 saturated heterocycles. The molecule has 0 aromatic heterocycles. The van der Waals surface area contributed by atoms with Gasteiger partial charge in [0.15, 0.2) is 0 Å². The quantitative estimate of drug-likeness (QED) is 0.205. The third-order valence-electron chi connectivity index (χ3n) is 6.40. The molecule has 0 heterocycles. The first-order chi connectivity index (χ1) is 20.2. The largest absolute Gasteiger partial charge is 0.469 e. The first-order valence-corrected chi connectivity index (χ1v) is 14.7. The van der Waals surface area contributed by atoms with Crippen molar-refractivity contribution in [2.75, 3.05) is 48.1 Å². The summed E-state index contributed by atoms with van der Waals surface area (Å²) >= 11 is 1.41. The number of carbonyl (C=O) groups excluding carboxylic acids is 4. The van der Waals surface area contributed by atoms with Crippen LogP contribution in [0, 0.1) is 5.92 Å². The van der Waals surface area contributed by atoms with Crippen LogP contribution in [0.3, 0.4) is 0 Å². The summed E-state index contributed by atoms with van der Waals surface area (Å²) < 4.78 is 4.69. The van der Waals surface area contributed by atoms with E-state index in [0.29, 0.717) is 29.4 Å². The Bertz CT molecular complexity index is 1370. The Morgan fingerprint density at radius 2 is 1.60 bits per heavy atom. The van der Waals surface area contributed by atoms with Crippen LogP contribution in [0.25, 0.3) is 0 Å². The van der Waals surface area contributed by atoms with Crippen LogP contribution < -0.4 is 20.4 Å². The van der Waals surface area contributed by atoms with Gasteiger partial charge >= 0.3 is 12.0 Å². The topological polar surface area (TPSA) is 108 Å². The van der Waals surface area contributed by atoms with Crippen molar-refractivity contribution in [3.8, 4) is 0 Å². The van der Waals surface area contributed by atoms with Gasteiger partial charge in [-0.15, -0.1) is 11.8 Å². The number of hydrogen-bond donors (Lipinski definition) is 2.